The average molecular weight is 1110 g/mol. The number of benzene rings is 4. The molecular weight excluding hydrogens is 1050 g/mol. The van der Waals surface area contributed by atoms with E-state index in [-0.39, 0.29) is 94.1 Å². The van der Waals surface area contributed by atoms with Crippen molar-refractivity contribution >= 4 is 96.1 Å². The minimum Gasteiger partial charge on any atom is -0.478 e. The van der Waals surface area contributed by atoms with Crippen LogP contribution in [-0.2, 0) is 34.4 Å². The molecule has 6 rings (SSSR count). The molecule has 0 saturated carbocycles. The molecule has 0 aliphatic heterocycles. The molecule has 0 unspecified atom stereocenters. The number of aliphatic hydroxyl groups is 3. The summed E-state index contributed by atoms with van der Waals surface area (Å²) < 4.78 is 85.2. The monoisotopic (exact) mass is 1100 g/mol. The van der Waals surface area contributed by atoms with Gasteiger partial charge in [0.05, 0.1) is 93.3 Å². The molecule has 400 valence electrons. The van der Waals surface area contributed by atoms with Crippen LogP contribution in [0.2, 0.25) is 0 Å². The summed E-state index contributed by atoms with van der Waals surface area (Å²) in [5.41, 5.74) is 10.0. The zero-order chi connectivity index (χ0) is 54.7. The summed E-state index contributed by atoms with van der Waals surface area (Å²) in [4.78, 5) is 68.9. The summed E-state index contributed by atoms with van der Waals surface area (Å²) in [6, 6.07) is 17.4. The molecular formula is C47H51N7NaO19S2+. The van der Waals surface area contributed by atoms with E-state index in [4.69, 9.17) is 39.7 Å². The number of anilines is 4. The first-order valence-electron chi connectivity index (χ1n) is 22.2. The third kappa shape index (κ3) is 18.3. The molecule has 0 spiro atoms. The van der Waals surface area contributed by atoms with Crippen LogP contribution in [0.25, 0.3) is 12.2 Å². The Hall–Kier alpha value is -6.61. The number of fused-ring (bicyclic) bond motifs is 2. The first kappa shape index (κ1) is 61.9. The van der Waals surface area contributed by atoms with Gasteiger partial charge in [-0.1, -0.05) is 0 Å². The van der Waals surface area contributed by atoms with Crippen LogP contribution in [0, 0.1) is 0 Å². The van der Waals surface area contributed by atoms with Gasteiger partial charge in [0.15, 0.2) is 0 Å². The number of nitrogens with one attached hydrogen (secondary N) is 4. The molecule has 4 aromatic carbocycles. The predicted molar refractivity (Wildman–Crippen MR) is 272 cm³/mol. The number of carbonyl (C=O) groups excluding carboxylic acids is 3. The number of hydrazine groups is 2. The van der Waals surface area contributed by atoms with E-state index >= 15 is 0 Å². The van der Waals surface area contributed by atoms with Crippen LogP contribution in [0.4, 0.5) is 27.5 Å². The largest absolute Gasteiger partial charge is 1.00 e. The van der Waals surface area contributed by atoms with Crippen molar-refractivity contribution in [3.05, 3.63) is 128 Å². The number of amides is 2. The number of urea groups is 1. The van der Waals surface area contributed by atoms with E-state index in [2.05, 4.69) is 36.6 Å². The van der Waals surface area contributed by atoms with Crippen LogP contribution < -0.4 is 51.3 Å². The molecule has 0 bridgehead atoms. The number of nitrogens with zero attached hydrogens (tertiary/aromatic N) is 3. The number of Topliss-reactive ketones (excluding diaryl/α,β-unsaturated/α-hetero) is 2. The third-order valence-electron chi connectivity index (χ3n) is 10.4. The summed E-state index contributed by atoms with van der Waals surface area (Å²) in [6.07, 6.45) is 1.68. The number of carbonyl (C=O) groups is 5. The van der Waals surface area contributed by atoms with Crippen molar-refractivity contribution in [1.82, 2.24) is 4.90 Å². The SMILES string of the molecule is O=C(/N=C1/C(=O)c2ccc(NNc3ccc(C(=O)O)cc3)cc2C=C1S(=O)(=O)O)/N=C1/C(=O)c2ccc(NNc3ccc(C(=O)O)cc3)cc2C=C1S(=O)(=O)O.OCCOCCN(CCOCCO)CCOCCO.[Na+]. The van der Waals surface area contributed by atoms with Gasteiger partial charge in [-0.15, -0.1) is 0 Å². The molecule has 0 atom stereocenters. The number of aliphatic hydroxyl groups excluding tert-OH is 3. The van der Waals surface area contributed by atoms with Gasteiger partial charge < -0.3 is 61.4 Å². The summed E-state index contributed by atoms with van der Waals surface area (Å²) in [7, 11) is -10.5. The second-order valence-electron chi connectivity index (χ2n) is 15.5. The Morgan fingerprint density at radius 2 is 0.816 bits per heavy atom. The zero-order valence-electron chi connectivity index (χ0n) is 40.4. The van der Waals surface area contributed by atoms with Gasteiger partial charge in [-0.3, -0.25) is 23.6 Å². The number of rotatable bonds is 25. The first-order valence-corrected chi connectivity index (χ1v) is 25.1. The molecule has 26 nitrogen and oxygen atoms in total. The fourth-order valence-corrected chi connectivity index (χ4v) is 8.07. The van der Waals surface area contributed by atoms with Gasteiger partial charge in [0, 0.05) is 30.8 Å². The van der Waals surface area contributed by atoms with Crippen molar-refractivity contribution in [3.8, 4) is 0 Å². The van der Waals surface area contributed by atoms with Crippen molar-refractivity contribution in [2.75, 3.05) is 101 Å². The van der Waals surface area contributed by atoms with Crippen molar-refractivity contribution in [2.24, 2.45) is 9.98 Å². The van der Waals surface area contributed by atoms with Crippen LogP contribution in [0.3, 0.4) is 0 Å². The maximum atomic E-state index is 13.5. The summed E-state index contributed by atoms with van der Waals surface area (Å²) in [5.74, 6) is -4.58. The Balaban J connectivity index is 0.000000532. The van der Waals surface area contributed by atoms with E-state index in [1.54, 1.807) is 0 Å². The molecule has 0 heterocycles. The molecule has 4 aromatic rings. The van der Waals surface area contributed by atoms with Gasteiger partial charge in [0.25, 0.3) is 20.2 Å². The topological polar surface area (TPSA) is 399 Å². The molecule has 2 aliphatic carbocycles. The van der Waals surface area contributed by atoms with Crippen molar-refractivity contribution < 1.29 is 119 Å². The Morgan fingerprint density at radius 3 is 1.12 bits per heavy atom. The van der Waals surface area contributed by atoms with Gasteiger partial charge in [-0.25, -0.2) is 14.4 Å². The number of ether oxygens (including phenoxy) is 3. The van der Waals surface area contributed by atoms with E-state index in [0.717, 1.165) is 31.8 Å². The maximum Gasteiger partial charge on any atom is 1.00 e. The van der Waals surface area contributed by atoms with E-state index < -0.39 is 71.0 Å². The van der Waals surface area contributed by atoms with Gasteiger partial charge in [-0.05, 0) is 108 Å². The van der Waals surface area contributed by atoms with Gasteiger partial charge in [-0.2, -0.15) is 26.8 Å². The van der Waals surface area contributed by atoms with Crippen LogP contribution >= 0.6 is 0 Å². The van der Waals surface area contributed by atoms with Crippen LogP contribution in [-0.4, -0.2) is 176 Å². The van der Waals surface area contributed by atoms with E-state index in [1.165, 1.54) is 84.9 Å². The standard InChI is InChI=1S/C35H24N6O13S2.C12H27NO6.Na/c42-31-25-11-9-23(40-38-21-5-1-17(2-6-21)33(44)45)13-19(25)15-27(55(49,50)51)29(31)36-35(48)37-30-28(56(52,53)54)16-20-14-24(10-12-26(20)32(30)43)41-39-22-7-3-18(4-8-22)34(46)47;14-4-10-17-7-1-13(2-8-18-11-5-15)3-9-19-12-6-16;/h1-16,38-41H,(H,44,45)(H,46,47)(H,49,50,51)(H,52,53,54);14-16H,1-12H2;/q;;+1/b36-29+,37-30+;;. The number of allylic oxidation sites excluding steroid dienone is 2. The predicted octanol–water partition coefficient (Wildman–Crippen LogP) is -0.168. The van der Waals surface area contributed by atoms with Crippen molar-refractivity contribution in [1.29, 1.82) is 0 Å². The molecule has 11 N–H and O–H groups in total. The third-order valence-corrected chi connectivity index (χ3v) is 12.1. The molecule has 76 heavy (non-hydrogen) atoms. The van der Waals surface area contributed by atoms with Crippen molar-refractivity contribution in [2.45, 2.75) is 0 Å². The number of aromatic carboxylic acids is 2. The number of ketones is 2. The molecule has 0 saturated heterocycles. The number of hydrogen-bond donors (Lipinski definition) is 11. The fourth-order valence-electron chi connectivity index (χ4n) is 6.75. The quantitative estimate of drug-likeness (QED) is 0.0178. The molecule has 2 aliphatic rings. The Morgan fingerprint density at radius 1 is 0.500 bits per heavy atom. The van der Waals surface area contributed by atoms with Crippen LogP contribution in [0.1, 0.15) is 52.6 Å². The molecule has 29 heteroatoms. The number of aliphatic imine (C=N–C) groups is 2. The molecule has 0 aromatic heterocycles. The summed E-state index contributed by atoms with van der Waals surface area (Å²) in [5, 5.41) is 43.9. The van der Waals surface area contributed by atoms with Gasteiger partial charge in [0.1, 0.15) is 21.2 Å². The number of hydrogen-bond acceptors (Lipinski definition) is 20. The fraction of sp³-hybridized carbons (Fsp3) is 0.255. The second kappa shape index (κ2) is 29.6. The maximum absolute atomic E-state index is 13.5. The first-order chi connectivity index (χ1) is 35.7. The Labute approximate surface area is 456 Å². The molecule has 2 amide bonds. The molecule has 0 fully saturated rings. The van der Waals surface area contributed by atoms with Crippen LogP contribution in [0.15, 0.2) is 105 Å². The number of carboxylic acid groups (broad SMARTS) is 2. The molecule has 0 radical (unpaired) electrons. The Kier molecular flexibility index (Phi) is 24.1. The van der Waals surface area contributed by atoms with Crippen molar-refractivity contribution in [3.63, 3.8) is 0 Å². The van der Waals surface area contributed by atoms with Crippen LogP contribution in [0.5, 0.6) is 0 Å². The van der Waals surface area contributed by atoms with Gasteiger partial charge >= 0.3 is 47.5 Å². The second-order valence-corrected chi connectivity index (χ2v) is 18.3. The number of carboxylic acids is 2. The normalized spacial score (nSPS) is 14.1. The van der Waals surface area contributed by atoms with Gasteiger partial charge in [0.2, 0.25) is 11.6 Å². The minimum absolute atomic E-state index is 0. The Bertz CT molecular complexity index is 2880. The van der Waals surface area contributed by atoms with E-state index in [1.807, 2.05) is 0 Å². The summed E-state index contributed by atoms with van der Waals surface area (Å²) in [6.45, 7) is 4.92. The smallest absolute Gasteiger partial charge is 0.478 e. The van der Waals surface area contributed by atoms with E-state index in [9.17, 15) is 49.9 Å². The summed E-state index contributed by atoms with van der Waals surface area (Å²) >= 11 is 0. The van der Waals surface area contributed by atoms with E-state index in [0.29, 0.717) is 51.0 Å². The average Bonchev–Trinajstić information content (AvgIpc) is 3.37. The minimum atomic E-state index is -5.25. The zero-order valence-corrected chi connectivity index (χ0v) is 44.0.